The number of ether oxygens (including phenoxy) is 1. The predicted octanol–water partition coefficient (Wildman–Crippen LogP) is 1.65. The molecule has 0 aliphatic carbocycles. The molecule has 0 bridgehead atoms. The summed E-state index contributed by atoms with van der Waals surface area (Å²) in [5, 5.41) is 4.32. The van der Waals surface area contributed by atoms with Crippen LogP contribution in [0.1, 0.15) is 30.5 Å². The number of barbiturate groups is 1. The summed E-state index contributed by atoms with van der Waals surface area (Å²) in [5.74, 6) is 1.53. The lowest BCUT2D eigenvalue weighted by molar-refractivity contribution is -0.153. The Morgan fingerprint density at radius 3 is 2.56 bits per heavy atom. The Balaban J connectivity index is 1.69. The van der Waals surface area contributed by atoms with E-state index in [4.69, 9.17) is 4.74 Å². The highest BCUT2D eigenvalue weighted by molar-refractivity contribution is 6.20. The van der Waals surface area contributed by atoms with Crippen LogP contribution in [0.4, 0.5) is 19.3 Å². The highest BCUT2D eigenvalue weighted by atomic mass is 19.2. The number of hydrogen-bond donors (Lipinski definition) is 2. The van der Waals surface area contributed by atoms with Gasteiger partial charge in [0, 0.05) is 30.9 Å². The average molecular weight is 466 g/mol. The van der Waals surface area contributed by atoms with Gasteiger partial charge in [0.25, 0.3) is 0 Å². The maximum atomic E-state index is 15.5. The quantitative estimate of drug-likeness (QED) is 0.453. The number of amides is 4. The molecule has 2 N–H and O–H groups in total. The maximum absolute atomic E-state index is 15.5. The van der Waals surface area contributed by atoms with Gasteiger partial charge in [-0.2, -0.15) is 0 Å². The van der Waals surface area contributed by atoms with E-state index in [1.807, 2.05) is 0 Å². The van der Waals surface area contributed by atoms with Gasteiger partial charge in [0.15, 0.2) is 17.0 Å². The number of fused-ring (bicyclic) bond motifs is 4. The van der Waals surface area contributed by atoms with Gasteiger partial charge in [-0.15, -0.1) is 0 Å². The van der Waals surface area contributed by atoms with Crippen molar-refractivity contribution in [3.63, 3.8) is 0 Å². The number of halogens is 2. The summed E-state index contributed by atoms with van der Waals surface area (Å²) in [5.41, 5.74) is -1.27. The van der Waals surface area contributed by atoms with Crippen LogP contribution in [0, 0.1) is 28.9 Å². The lowest BCUT2D eigenvalue weighted by atomic mass is 9.66. The molecule has 2 saturated heterocycles. The number of imide groups is 2. The topological polar surface area (TPSA) is 101 Å². The van der Waals surface area contributed by atoms with Crippen molar-refractivity contribution in [3.05, 3.63) is 58.9 Å². The summed E-state index contributed by atoms with van der Waals surface area (Å²) in [6, 6.07) is 2.82. The maximum Gasteiger partial charge on any atom is 0.328 e. The molecule has 10 heteroatoms. The first-order valence-corrected chi connectivity index (χ1v) is 10.7. The van der Waals surface area contributed by atoms with Crippen molar-refractivity contribution in [2.45, 2.75) is 38.5 Å². The lowest BCUT2D eigenvalue weighted by Gasteiger charge is -2.55. The van der Waals surface area contributed by atoms with E-state index in [9.17, 15) is 14.4 Å². The predicted molar refractivity (Wildman–Crippen MR) is 116 cm³/mol. The number of urea groups is 1. The number of rotatable bonds is 0. The van der Waals surface area contributed by atoms with E-state index in [1.165, 1.54) is 17.2 Å². The fraction of sp³-hybridized carbons (Fsp3) is 0.333. The Morgan fingerprint density at radius 2 is 1.88 bits per heavy atom. The molecule has 5 rings (SSSR count). The molecule has 8 nitrogen and oxygen atoms in total. The SMILES string of the molecule is C[C@@H]1CN2c3c(cc(C#Cc4cccnc4)c(F)c3F)CC3(C(=O)NC(=O)NC3=O)[C@H]2[C@H](C)O1. The minimum absolute atomic E-state index is 0.0282. The number of morpholine rings is 1. The van der Waals surface area contributed by atoms with Gasteiger partial charge in [-0.3, -0.25) is 25.2 Å². The summed E-state index contributed by atoms with van der Waals surface area (Å²) in [7, 11) is 0. The standard InChI is InChI=1S/C24H20F2N4O4/c1-12-11-30-19-16(8-15(17(25)18(19)26)6-5-14-4-3-7-27-10-14)9-24(20(30)13(2)34-12)21(31)28-23(33)29-22(24)32/h3-4,7-8,10,12-13,20H,9,11H2,1-2H3,(H2,28,29,31,32,33)/t12-,13+,20-/m1/s1. The fourth-order valence-corrected chi connectivity index (χ4v) is 5.20. The van der Waals surface area contributed by atoms with Gasteiger partial charge in [-0.05, 0) is 37.6 Å². The van der Waals surface area contributed by atoms with Crippen LogP contribution in [0.2, 0.25) is 0 Å². The second-order valence-corrected chi connectivity index (χ2v) is 8.69. The first-order valence-electron chi connectivity index (χ1n) is 10.7. The molecule has 1 spiro atoms. The zero-order chi connectivity index (χ0) is 24.2. The molecule has 4 amide bonds. The molecule has 4 heterocycles. The number of hydrogen-bond acceptors (Lipinski definition) is 6. The van der Waals surface area contributed by atoms with Crippen LogP contribution >= 0.6 is 0 Å². The molecule has 0 saturated carbocycles. The third-order valence-electron chi connectivity index (χ3n) is 6.47. The van der Waals surface area contributed by atoms with Crippen molar-refractivity contribution in [3.8, 4) is 11.8 Å². The first kappa shape index (κ1) is 22.0. The Labute approximate surface area is 193 Å². The van der Waals surface area contributed by atoms with E-state index in [0.717, 1.165) is 0 Å². The number of carbonyl (C=O) groups excluding carboxylic acids is 3. The van der Waals surface area contributed by atoms with E-state index >= 15 is 8.78 Å². The Hall–Kier alpha value is -3.84. The van der Waals surface area contributed by atoms with Crippen molar-refractivity contribution >= 4 is 23.5 Å². The molecule has 1 aromatic carbocycles. The second-order valence-electron chi connectivity index (χ2n) is 8.69. The Morgan fingerprint density at radius 1 is 1.15 bits per heavy atom. The highest BCUT2D eigenvalue weighted by Crippen LogP contribution is 2.48. The summed E-state index contributed by atoms with van der Waals surface area (Å²) in [6.07, 6.45) is 1.74. The number of aromatic nitrogens is 1. The molecular weight excluding hydrogens is 446 g/mol. The smallest absolute Gasteiger partial charge is 0.328 e. The van der Waals surface area contributed by atoms with Crippen molar-refractivity contribution in [1.29, 1.82) is 0 Å². The summed E-state index contributed by atoms with van der Waals surface area (Å²) in [4.78, 5) is 43.5. The Kier molecular flexibility index (Phi) is 5.10. The van der Waals surface area contributed by atoms with Gasteiger partial charge in [0.2, 0.25) is 11.8 Å². The molecule has 34 heavy (non-hydrogen) atoms. The normalized spacial score (nSPS) is 25.0. The number of carbonyl (C=O) groups is 3. The molecule has 0 unspecified atom stereocenters. The fourth-order valence-electron chi connectivity index (χ4n) is 5.20. The largest absolute Gasteiger partial charge is 0.372 e. The first-order chi connectivity index (χ1) is 16.2. The molecule has 0 radical (unpaired) electrons. The zero-order valence-electron chi connectivity index (χ0n) is 18.3. The highest BCUT2D eigenvalue weighted by Gasteiger charge is 2.63. The molecular formula is C24H20F2N4O4. The van der Waals surface area contributed by atoms with Gasteiger partial charge in [0.1, 0.15) is 0 Å². The number of pyridine rings is 1. The molecule has 2 fully saturated rings. The zero-order valence-corrected chi connectivity index (χ0v) is 18.3. The average Bonchev–Trinajstić information content (AvgIpc) is 2.78. The number of nitrogens with one attached hydrogen (secondary N) is 2. The minimum atomic E-state index is -1.78. The van der Waals surface area contributed by atoms with Crippen molar-refractivity contribution in [2.75, 3.05) is 11.4 Å². The number of benzene rings is 1. The van der Waals surface area contributed by atoms with Crippen molar-refractivity contribution < 1.29 is 27.9 Å². The molecule has 3 atom stereocenters. The third kappa shape index (κ3) is 3.23. The molecule has 1 aromatic heterocycles. The summed E-state index contributed by atoms with van der Waals surface area (Å²) in [6.45, 7) is 3.55. The molecule has 2 aromatic rings. The van der Waals surface area contributed by atoms with E-state index in [0.29, 0.717) is 5.56 Å². The van der Waals surface area contributed by atoms with E-state index < -0.39 is 47.0 Å². The molecule has 3 aliphatic rings. The minimum Gasteiger partial charge on any atom is -0.372 e. The van der Waals surface area contributed by atoms with Crippen molar-refractivity contribution in [1.82, 2.24) is 15.6 Å². The number of anilines is 1. The van der Waals surface area contributed by atoms with Crippen LogP contribution in [0.15, 0.2) is 30.6 Å². The van der Waals surface area contributed by atoms with Gasteiger partial charge < -0.3 is 9.64 Å². The van der Waals surface area contributed by atoms with E-state index in [-0.39, 0.29) is 35.9 Å². The van der Waals surface area contributed by atoms with Gasteiger partial charge >= 0.3 is 6.03 Å². The lowest BCUT2D eigenvalue weighted by Crippen LogP contribution is -2.75. The van der Waals surface area contributed by atoms with Crippen molar-refractivity contribution in [2.24, 2.45) is 5.41 Å². The monoisotopic (exact) mass is 466 g/mol. The van der Waals surface area contributed by atoms with Crippen LogP contribution in [-0.4, -0.2) is 47.6 Å². The van der Waals surface area contributed by atoms with Crippen LogP contribution in [0.25, 0.3) is 0 Å². The summed E-state index contributed by atoms with van der Waals surface area (Å²) >= 11 is 0. The van der Waals surface area contributed by atoms with Gasteiger partial charge in [0.05, 0.1) is 29.5 Å². The van der Waals surface area contributed by atoms with Crippen LogP contribution in [0.3, 0.4) is 0 Å². The summed E-state index contributed by atoms with van der Waals surface area (Å²) < 4.78 is 36.5. The van der Waals surface area contributed by atoms with Crippen LogP contribution < -0.4 is 15.5 Å². The third-order valence-corrected chi connectivity index (χ3v) is 6.47. The van der Waals surface area contributed by atoms with Crippen LogP contribution in [-0.2, 0) is 20.7 Å². The number of nitrogens with zero attached hydrogens (tertiary/aromatic N) is 2. The van der Waals surface area contributed by atoms with Gasteiger partial charge in [-0.25, -0.2) is 13.6 Å². The van der Waals surface area contributed by atoms with E-state index in [1.54, 1.807) is 32.2 Å². The molecule has 3 aliphatic heterocycles. The molecule has 174 valence electrons. The van der Waals surface area contributed by atoms with Crippen LogP contribution in [0.5, 0.6) is 0 Å². The van der Waals surface area contributed by atoms with E-state index in [2.05, 4.69) is 27.5 Å². The Bertz CT molecular complexity index is 1270. The second kappa shape index (κ2) is 7.88. The van der Waals surface area contributed by atoms with Gasteiger partial charge in [-0.1, -0.05) is 11.8 Å².